The van der Waals surface area contributed by atoms with Gasteiger partial charge in [0, 0.05) is 26.3 Å². The summed E-state index contributed by atoms with van der Waals surface area (Å²) in [5.41, 5.74) is 0.497. The van der Waals surface area contributed by atoms with Gasteiger partial charge < -0.3 is 9.64 Å². The summed E-state index contributed by atoms with van der Waals surface area (Å²) in [4.78, 5) is 12.8. The van der Waals surface area contributed by atoms with Crippen LogP contribution in [0.15, 0.2) is 12.2 Å². The van der Waals surface area contributed by atoms with E-state index < -0.39 is 0 Å². The van der Waals surface area contributed by atoms with Gasteiger partial charge in [-0.1, -0.05) is 6.58 Å². The van der Waals surface area contributed by atoms with E-state index in [2.05, 4.69) is 6.58 Å². The van der Waals surface area contributed by atoms with Crippen LogP contribution in [0.3, 0.4) is 0 Å². The minimum absolute atomic E-state index is 0.0469. The monoisotopic (exact) mass is 157 g/mol. The van der Waals surface area contributed by atoms with Gasteiger partial charge in [-0.05, 0) is 6.92 Å². The quantitative estimate of drug-likeness (QED) is 0.561. The molecular formula is C8H15NO2. The molecule has 0 aliphatic rings. The van der Waals surface area contributed by atoms with Crippen LogP contribution in [0.2, 0.25) is 0 Å². The second-order valence-electron chi connectivity index (χ2n) is 2.36. The molecule has 0 aliphatic heterocycles. The smallest absolute Gasteiger partial charge is 0.251 e. The third kappa shape index (κ3) is 3.18. The van der Waals surface area contributed by atoms with Gasteiger partial charge in [-0.15, -0.1) is 0 Å². The molecule has 0 heterocycles. The second-order valence-corrected chi connectivity index (χ2v) is 2.36. The number of ether oxygens (including phenoxy) is 1. The molecule has 0 aromatic rings. The predicted octanol–water partition coefficient (Wildman–Crippen LogP) is 0.667. The molecule has 64 valence electrons. The largest absolute Gasteiger partial charge is 0.380 e. The second kappa shape index (κ2) is 4.91. The first-order valence-corrected chi connectivity index (χ1v) is 3.55. The lowest BCUT2D eigenvalue weighted by Gasteiger charge is -2.15. The van der Waals surface area contributed by atoms with E-state index in [0.717, 1.165) is 0 Å². The average molecular weight is 157 g/mol. The van der Waals surface area contributed by atoms with Crippen molar-refractivity contribution >= 4 is 5.91 Å². The molecule has 0 atom stereocenters. The maximum absolute atomic E-state index is 11.2. The van der Waals surface area contributed by atoms with Gasteiger partial charge in [-0.25, -0.2) is 0 Å². The first-order chi connectivity index (χ1) is 5.13. The third-order valence-electron chi connectivity index (χ3n) is 1.44. The Morgan fingerprint density at radius 3 is 2.55 bits per heavy atom. The summed E-state index contributed by atoms with van der Waals surface area (Å²) in [5, 5.41) is 0. The van der Waals surface area contributed by atoms with E-state index in [1.54, 1.807) is 19.1 Å². The SMILES string of the molecule is C=C(COC)C(=O)N(C)CC. The maximum atomic E-state index is 11.2. The van der Waals surface area contributed by atoms with Crippen molar-refractivity contribution in [1.82, 2.24) is 4.90 Å². The summed E-state index contributed by atoms with van der Waals surface area (Å²) in [6.45, 7) is 6.52. The minimum Gasteiger partial charge on any atom is -0.380 e. The van der Waals surface area contributed by atoms with Crippen LogP contribution in [0.25, 0.3) is 0 Å². The lowest BCUT2D eigenvalue weighted by atomic mass is 10.3. The number of methoxy groups -OCH3 is 1. The molecule has 11 heavy (non-hydrogen) atoms. The fourth-order valence-corrected chi connectivity index (χ4v) is 0.649. The van der Waals surface area contributed by atoms with Crippen molar-refractivity contribution in [3.8, 4) is 0 Å². The first-order valence-electron chi connectivity index (χ1n) is 3.55. The van der Waals surface area contributed by atoms with Gasteiger partial charge in [-0.3, -0.25) is 4.79 Å². The van der Waals surface area contributed by atoms with Crippen molar-refractivity contribution in [2.45, 2.75) is 6.92 Å². The highest BCUT2D eigenvalue weighted by Crippen LogP contribution is 1.96. The lowest BCUT2D eigenvalue weighted by Crippen LogP contribution is -2.28. The van der Waals surface area contributed by atoms with Gasteiger partial charge in [0.05, 0.1) is 6.61 Å². The first kappa shape index (κ1) is 10.2. The molecule has 3 heteroatoms. The van der Waals surface area contributed by atoms with Crippen molar-refractivity contribution in [2.24, 2.45) is 0 Å². The molecule has 0 rings (SSSR count). The molecule has 0 saturated heterocycles. The Hall–Kier alpha value is -0.830. The Morgan fingerprint density at radius 1 is 1.64 bits per heavy atom. The van der Waals surface area contributed by atoms with Gasteiger partial charge in [-0.2, -0.15) is 0 Å². The molecule has 0 spiro atoms. The Morgan fingerprint density at radius 2 is 2.18 bits per heavy atom. The molecule has 0 N–H and O–H groups in total. The van der Waals surface area contributed by atoms with Crippen LogP contribution < -0.4 is 0 Å². The van der Waals surface area contributed by atoms with E-state index in [1.807, 2.05) is 6.92 Å². The number of carbonyl (C=O) groups excluding carboxylic acids is 1. The summed E-state index contributed by atoms with van der Waals surface area (Å²) in [6, 6.07) is 0. The number of hydrogen-bond donors (Lipinski definition) is 0. The molecule has 0 fully saturated rings. The minimum atomic E-state index is -0.0469. The summed E-state index contributed by atoms with van der Waals surface area (Å²) < 4.78 is 4.77. The number of likely N-dealkylation sites (N-methyl/N-ethyl adjacent to an activating group) is 1. The molecule has 0 aromatic heterocycles. The fourth-order valence-electron chi connectivity index (χ4n) is 0.649. The average Bonchev–Trinajstić information content (AvgIpc) is 2.02. The molecule has 0 radical (unpaired) electrons. The summed E-state index contributed by atoms with van der Waals surface area (Å²) in [6.07, 6.45) is 0. The number of amides is 1. The highest BCUT2D eigenvalue weighted by Gasteiger charge is 2.09. The lowest BCUT2D eigenvalue weighted by molar-refractivity contribution is -0.126. The van der Waals surface area contributed by atoms with Crippen molar-refractivity contribution in [2.75, 3.05) is 27.3 Å². The number of nitrogens with zero attached hydrogens (tertiary/aromatic N) is 1. The third-order valence-corrected chi connectivity index (χ3v) is 1.44. The summed E-state index contributed by atoms with van der Waals surface area (Å²) in [5.74, 6) is -0.0469. The van der Waals surface area contributed by atoms with Crippen LogP contribution in [0.5, 0.6) is 0 Å². The topological polar surface area (TPSA) is 29.5 Å². The van der Waals surface area contributed by atoms with Crippen LogP contribution in [0, 0.1) is 0 Å². The molecule has 0 saturated carbocycles. The zero-order chi connectivity index (χ0) is 8.85. The highest BCUT2D eigenvalue weighted by molar-refractivity contribution is 5.92. The standard InChI is InChI=1S/C8H15NO2/c1-5-9(3)8(10)7(2)6-11-4/h2,5-6H2,1,3-4H3. The predicted molar refractivity (Wildman–Crippen MR) is 44.3 cm³/mol. The van der Waals surface area contributed by atoms with Gasteiger partial charge in [0.25, 0.3) is 5.91 Å². The fraction of sp³-hybridized carbons (Fsp3) is 0.625. The zero-order valence-electron chi connectivity index (χ0n) is 7.39. The Kier molecular flexibility index (Phi) is 4.54. The van der Waals surface area contributed by atoms with Crippen LogP contribution >= 0.6 is 0 Å². The van der Waals surface area contributed by atoms with Gasteiger partial charge in [0.1, 0.15) is 0 Å². The van der Waals surface area contributed by atoms with E-state index in [9.17, 15) is 4.79 Å². The van der Waals surface area contributed by atoms with E-state index in [1.165, 1.54) is 0 Å². The van der Waals surface area contributed by atoms with Crippen molar-refractivity contribution in [3.05, 3.63) is 12.2 Å². The molecule has 1 amide bonds. The summed E-state index contributed by atoms with van der Waals surface area (Å²) in [7, 11) is 3.29. The molecule has 0 aliphatic carbocycles. The molecule has 3 nitrogen and oxygen atoms in total. The van der Waals surface area contributed by atoms with Crippen LogP contribution in [-0.4, -0.2) is 38.1 Å². The molecule has 0 bridgehead atoms. The number of carbonyl (C=O) groups is 1. The van der Waals surface area contributed by atoms with E-state index in [0.29, 0.717) is 18.7 Å². The molecule has 0 aromatic carbocycles. The number of rotatable bonds is 4. The van der Waals surface area contributed by atoms with E-state index in [-0.39, 0.29) is 5.91 Å². The van der Waals surface area contributed by atoms with Crippen LogP contribution in [0.4, 0.5) is 0 Å². The molecule has 0 unspecified atom stereocenters. The zero-order valence-corrected chi connectivity index (χ0v) is 7.39. The van der Waals surface area contributed by atoms with Crippen molar-refractivity contribution in [3.63, 3.8) is 0 Å². The maximum Gasteiger partial charge on any atom is 0.251 e. The normalized spacial score (nSPS) is 9.36. The van der Waals surface area contributed by atoms with Crippen LogP contribution in [-0.2, 0) is 9.53 Å². The molecular weight excluding hydrogens is 142 g/mol. The Balaban J connectivity index is 3.92. The number of hydrogen-bond acceptors (Lipinski definition) is 2. The van der Waals surface area contributed by atoms with Gasteiger partial charge >= 0.3 is 0 Å². The Labute approximate surface area is 67.6 Å². The Bertz CT molecular complexity index is 154. The van der Waals surface area contributed by atoms with Gasteiger partial charge in [0.2, 0.25) is 0 Å². The van der Waals surface area contributed by atoms with Crippen molar-refractivity contribution in [1.29, 1.82) is 0 Å². The van der Waals surface area contributed by atoms with E-state index >= 15 is 0 Å². The summed E-state index contributed by atoms with van der Waals surface area (Å²) >= 11 is 0. The highest BCUT2D eigenvalue weighted by atomic mass is 16.5. The van der Waals surface area contributed by atoms with Crippen LogP contribution in [0.1, 0.15) is 6.92 Å². The van der Waals surface area contributed by atoms with E-state index in [4.69, 9.17) is 4.74 Å². The van der Waals surface area contributed by atoms with Crippen molar-refractivity contribution < 1.29 is 9.53 Å². The van der Waals surface area contributed by atoms with Gasteiger partial charge in [0.15, 0.2) is 0 Å².